The second-order valence-corrected chi connectivity index (χ2v) is 5.02. The van der Waals surface area contributed by atoms with Crippen molar-refractivity contribution in [1.82, 2.24) is 0 Å². The molecule has 2 aliphatic rings. The van der Waals surface area contributed by atoms with Gasteiger partial charge < -0.3 is 0 Å². The lowest BCUT2D eigenvalue weighted by Crippen LogP contribution is -2.25. The van der Waals surface area contributed by atoms with Crippen LogP contribution in [0.2, 0.25) is 0 Å². The summed E-state index contributed by atoms with van der Waals surface area (Å²) in [5.41, 5.74) is 0. The zero-order valence-electron chi connectivity index (χ0n) is 8.55. The molecule has 2 fully saturated rings. The Morgan fingerprint density at radius 1 is 1.25 bits per heavy atom. The highest BCUT2D eigenvalue weighted by atomic mass is 14.5. The summed E-state index contributed by atoms with van der Waals surface area (Å²) in [4.78, 5) is 0. The van der Waals surface area contributed by atoms with Gasteiger partial charge in [0, 0.05) is 0 Å². The maximum Gasteiger partial charge on any atom is -0.0355 e. The molecule has 4 unspecified atom stereocenters. The van der Waals surface area contributed by atoms with E-state index >= 15 is 0 Å². The van der Waals surface area contributed by atoms with Crippen molar-refractivity contribution < 1.29 is 0 Å². The van der Waals surface area contributed by atoms with Crippen LogP contribution >= 0.6 is 0 Å². The molecule has 2 aliphatic carbocycles. The first-order valence-corrected chi connectivity index (χ1v) is 5.83. The van der Waals surface area contributed by atoms with Gasteiger partial charge in [-0.3, -0.25) is 0 Å². The third-order valence-corrected chi connectivity index (χ3v) is 4.32. The third-order valence-electron chi connectivity index (χ3n) is 4.32. The summed E-state index contributed by atoms with van der Waals surface area (Å²) in [5.74, 6) is 4.48. The van der Waals surface area contributed by atoms with E-state index in [1.807, 2.05) is 0 Å². The molecule has 0 N–H and O–H groups in total. The lowest BCUT2D eigenvalue weighted by Gasteiger charge is -2.34. The van der Waals surface area contributed by atoms with Crippen LogP contribution in [0.3, 0.4) is 0 Å². The molecular formula is C12H22. The summed E-state index contributed by atoms with van der Waals surface area (Å²) in [7, 11) is 0. The quantitative estimate of drug-likeness (QED) is 0.597. The van der Waals surface area contributed by atoms with Crippen LogP contribution in [0, 0.1) is 23.7 Å². The number of fused-ring (bicyclic) bond motifs is 1. The zero-order valence-corrected chi connectivity index (χ0v) is 8.55. The minimum atomic E-state index is 1.05. The summed E-state index contributed by atoms with van der Waals surface area (Å²) in [5, 5.41) is 0. The lowest BCUT2D eigenvalue weighted by molar-refractivity contribution is 0.158. The fourth-order valence-corrected chi connectivity index (χ4v) is 3.46. The van der Waals surface area contributed by atoms with E-state index in [0.717, 1.165) is 23.7 Å². The van der Waals surface area contributed by atoms with Crippen molar-refractivity contribution in [3.63, 3.8) is 0 Å². The molecule has 0 amide bonds. The molecule has 0 aromatic heterocycles. The first-order valence-electron chi connectivity index (χ1n) is 5.83. The van der Waals surface area contributed by atoms with Gasteiger partial charge in [0.25, 0.3) is 0 Å². The largest absolute Gasteiger partial charge is 0.0654 e. The van der Waals surface area contributed by atoms with E-state index in [1.54, 1.807) is 19.3 Å². The molecule has 0 saturated heterocycles. The van der Waals surface area contributed by atoms with Gasteiger partial charge in [-0.15, -0.1) is 0 Å². The van der Waals surface area contributed by atoms with Gasteiger partial charge in [0.1, 0.15) is 0 Å². The van der Waals surface area contributed by atoms with E-state index in [2.05, 4.69) is 13.8 Å². The summed E-state index contributed by atoms with van der Waals surface area (Å²) >= 11 is 0. The molecule has 4 atom stereocenters. The van der Waals surface area contributed by atoms with Gasteiger partial charge in [0.2, 0.25) is 0 Å². The van der Waals surface area contributed by atoms with E-state index in [-0.39, 0.29) is 0 Å². The fourth-order valence-electron chi connectivity index (χ4n) is 3.46. The fraction of sp³-hybridized carbons (Fsp3) is 1.00. The van der Waals surface area contributed by atoms with Crippen LogP contribution < -0.4 is 0 Å². The third kappa shape index (κ3) is 1.30. The number of hydrogen-bond acceptors (Lipinski definition) is 0. The Bertz CT molecular complexity index is 150. The van der Waals surface area contributed by atoms with Crippen LogP contribution in [0.1, 0.15) is 52.4 Å². The second-order valence-electron chi connectivity index (χ2n) is 5.02. The average Bonchev–Trinajstić information content (AvgIpc) is 2.23. The molecule has 2 rings (SSSR count). The van der Waals surface area contributed by atoms with E-state index < -0.39 is 0 Å². The number of unbranched alkanes of at least 4 members (excludes halogenated alkanes) is 1. The Hall–Kier alpha value is 0. The normalized spacial score (nSPS) is 45.5. The highest BCUT2D eigenvalue weighted by Crippen LogP contribution is 2.54. The highest BCUT2D eigenvalue weighted by Gasteiger charge is 2.45. The Labute approximate surface area is 76.7 Å². The molecule has 70 valence electrons. The maximum atomic E-state index is 2.48. The van der Waals surface area contributed by atoms with Crippen molar-refractivity contribution in [2.45, 2.75) is 52.4 Å². The Morgan fingerprint density at radius 3 is 2.58 bits per heavy atom. The molecule has 0 heterocycles. The van der Waals surface area contributed by atoms with Crippen LogP contribution in [0.15, 0.2) is 0 Å². The molecule has 2 saturated carbocycles. The summed E-state index contributed by atoms with van der Waals surface area (Å²) in [6.45, 7) is 4.80. The number of rotatable bonds is 3. The van der Waals surface area contributed by atoms with Crippen molar-refractivity contribution in [1.29, 1.82) is 0 Å². The van der Waals surface area contributed by atoms with Crippen molar-refractivity contribution in [3.05, 3.63) is 0 Å². The van der Waals surface area contributed by atoms with E-state index in [0.29, 0.717) is 0 Å². The standard InChI is InChI=1S/C12H22/c1-3-4-5-11-9(2)8-10-6-7-12(10)11/h9-12H,3-8H2,1-2H3. The topological polar surface area (TPSA) is 0 Å². The molecule has 0 bridgehead atoms. The van der Waals surface area contributed by atoms with Gasteiger partial charge in [-0.25, -0.2) is 0 Å². The molecule has 0 aromatic carbocycles. The molecule has 0 aromatic rings. The molecule has 0 spiro atoms. The van der Waals surface area contributed by atoms with Gasteiger partial charge in [-0.1, -0.05) is 26.7 Å². The number of hydrogen-bond donors (Lipinski definition) is 0. The summed E-state index contributed by atoms with van der Waals surface area (Å²) in [6.07, 6.45) is 9.05. The monoisotopic (exact) mass is 166 g/mol. The van der Waals surface area contributed by atoms with Crippen LogP contribution in [-0.4, -0.2) is 0 Å². The first-order chi connectivity index (χ1) is 5.83. The summed E-state index contributed by atoms with van der Waals surface area (Å²) in [6, 6.07) is 0. The van der Waals surface area contributed by atoms with Gasteiger partial charge in [-0.2, -0.15) is 0 Å². The minimum Gasteiger partial charge on any atom is -0.0654 e. The van der Waals surface area contributed by atoms with Crippen molar-refractivity contribution in [3.8, 4) is 0 Å². The SMILES string of the molecule is CCCCC1C(C)CC2CCC21. The molecule has 0 aliphatic heterocycles. The van der Waals surface area contributed by atoms with Crippen LogP contribution in [0.5, 0.6) is 0 Å². The van der Waals surface area contributed by atoms with Gasteiger partial charge in [0.05, 0.1) is 0 Å². The van der Waals surface area contributed by atoms with Crippen molar-refractivity contribution in [2.75, 3.05) is 0 Å². The van der Waals surface area contributed by atoms with Crippen molar-refractivity contribution >= 4 is 0 Å². The van der Waals surface area contributed by atoms with Crippen molar-refractivity contribution in [2.24, 2.45) is 23.7 Å². The Kier molecular flexibility index (Phi) is 2.43. The predicted octanol–water partition coefficient (Wildman–Crippen LogP) is 3.86. The minimum absolute atomic E-state index is 1.05. The van der Waals surface area contributed by atoms with Gasteiger partial charge >= 0.3 is 0 Å². The Balaban J connectivity index is 1.86. The summed E-state index contributed by atoms with van der Waals surface area (Å²) < 4.78 is 0. The van der Waals surface area contributed by atoms with Gasteiger partial charge in [-0.05, 0) is 49.4 Å². The smallest absolute Gasteiger partial charge is 0.0355 e. The lowest BCUT2D eigenvalue weighted by atomic mass is 9.71. The average molecular weight is 166 g/mol. The van der Waals surface area contributed by atoms with E-state index in [1.165, 1.54) is 19.3 Å². The van der Waals surface area contributed by atoms with Gasteiger partial charge in [0.15, 0.2) is 0 Å². The molecule has 12 heavy (non-hydrogen) atoms. The zero-order chi connectivity index (χ0) is 8.55. The Morgan fingerprint density at radius 2 is 2.08 bits per heavy atom. The molecule has 0 nitrogen and oxygen atoms in total. The maximum absolute atomic E-state index is 2.48. The van der Waals surface area contributed by atoms with Crippen LogP contribution in [0.25, 0.3) is 0 Å². The molecule has 0 heteroatoms. The first kappa shape index (κ1) is 8.59. The second kappa shape index (κ2) is 3.40. The van der Waals surface area contributed by atoms with E-state index in [9.17, 15) is 0 Å². The molecular weight excluding hydrogens is 144 g/mol. The molecule has 0 radical (unpaired) electrons. The van der Waals surface area contributed by atoms with Crippen LogP contribution in [0.4, 0.5) is 0 Å². The predicted molar refractivity (Wildman–Crippen MR) is 53.0 cm³/mol. The van der Waals surface area contributed by atoms with Crippen LogP contribution in [-0.2, 0) is 0 Å². The van der Waals surface area contributed by atoms with E-state index in [4.69, 9.17) is 0 Å². The highest BCUT2D eigenvalue weighted by molar-refractivity contribution is 4.95.